The van der Waals surface area contributed by atoms with Gasteiger partial charge in [-0.15, -0.1) is 0 Å². The highest BCUT2D eigenvalue weighted by atomic mass is 16.6. The SMILES string of the molecule is COCCNc1ccc(C(=O)OCc2ccn(-c3ccccc3)n2)cc1[N+](=O)[O-]. The molecule has 0 amide bonds. The van der Waals surface area contributed by atoms with Crippen LogP contribution in [0, 0.1) is 10.1 Å². The van der Waals surface area contributed by atoms with E-state index in [1.807, 2.05) is 30.3 Å². The average molecular weight is 396 g/mol. The molecule has 150 valence electrons. The molecule has 3 rings (SSSR count). The maximum atomic E-state index is 12.3. The first kappa shape index (κ1) is 20.0. The second-order valence-electron chi connectivity index (χ2n) is 6.07. The van der Waals surface area contributed by atoms with Crippen LogP contribution in [0.3, 0.4) is 0 Å². The Morgan fingerprint density at radius 2 is 2.00 bits per heavy atom. The normalized spacial score (nSPS) is 10.5. The number of carbonyl (C=O) groups is 1. The largest absolute Gasteiger partial charge is 0.456 e. The number of hydrogen-bond acceptors (Lipinski definition) is 7. The summed E-state index contributed by atoms with van der Waals surface area (Å²) in [5, 5.41) is 18.6. The fourth-order valence-corrected chi connectivity index (χ4v) is 2.63. The minimum Gasteiger partial charge on any atom is -0.456 e. The summed E-state index contributed by atoms with van der Waals surface area (Å²) >= 11 is 0. The third kappa shape index (κ3) is 5.17. The number of aromatic nitrogens is 2. The smallest absolute Gasteiger partial charge is 0.338 e. The number of benzene rings is 2. The lowest BCUT2D eigenvalue weighted by atomic mass is 10.1. The number of nitrogens with zero attached hydrogens (tertiary/aromatic N) is 3. The zero-order chi connectivity index (χ0) is 20.6. The molecule has 9 nitrogen and oxygen atoms in total. The van der Waals surface area contributed by atoms with E-state index in [9.17, 15) is 14.9 Å². The molecule has 0 saturated carbocycles. The maximum absolute atomic E-state index is 12.3. The third-order valence-corrected chi connectivity index (χ3v) is 4.07. The van der Waals surface area contributed by atoms with Gasteiger partial charge in [-0.2, -0.15) is 5.10 Å². The Kier molecular flexibility index (Phi) is 6.54. The maximum Gasteiger partial charge on any atom is 0.338 e. The molecular weight excluding hydrogens is 376 g/mol. The number of para-hydroxylation sites is 1. The summed E-state index contributed by atoms with van der Waals surface area (Å²) in [4.78, 5) is 23.1. The van der Waals surface area contributed by atoms with Gasteiger partial charge in [-0.1, -0.05) is 18.2 Å². The van der Waals surface area contributed by atoms with E-state index in [1.165, 1.54) is 25.3 Å². The lowest BCUT2D eigenvalue weighted by Gasteiger charge is -2.08. The number of nitrogens with one attached hydrogen (secondary N) is 1. The molecule has 0 radical (unpaired) electrons. The van der Waals surface area contributed by atoms with Gasteiger partial charge < -0.3 is 14.8 Å². The topological polar surface area (TPSA) is 109 Å². The van der Waals surface area contributed by atoms with E-state index >= 15 is 0 Å². The number of rotatable bonds is 9. The number of carbonyl (C=O) groups excluding carboxylic acids is 1. The first-order valence-corrected chi connectivity index (χ1v) is 8.87. The van der Waals surface area contributed by atoms with Gasteiger partial charge in [-0.05, 0) is 30.3 Å². The van der Waals surface area contributed by atoms with Crippen LogP contribution < -0.4 is 5.32 Å². The molecule has 0 fully saturated rings. The van der Waals surface area contributed by atoms with E-state index in [0.29, 0.717) is 24.5 Å². The van der Waals surface area contributed by atoms with Crippen molar-refractivity contribution in [2.75, 3.05) is 25.6 Å². The summed E-state index contributed by atoms with van der Waals surface area (Å²) < 4.78 is 11.8. The number of nitro groups is 1. The summed E-state index contributed by atoms with van der Waals surface area (Å²) in [6.07, 6.45) is 1.77. The zero-order valence-corrected chi connectivity index (χ0v) is 15.8. The van der Waals surface area contributed by atoms with Crippen LogP contribution in [-0.2, 0) is 16.1 Å². The second-order valence-corrected chi connectivity index (χ2v) is 6.07. The van der Waals surface area contributed by atoms with Gasteiger partial charge in [0, 0.05) is 25.9 Å². The summed E-state index contributed by atoms with van der Waals surface area (Å²) in [7, 11) is 1.54. The van der Waals surface area contributed by atoms with Gasteiger partial charge in [-0.25, -0.2) is 9.48 Å². The number of ether oxygens (including phenoxy) is 2. The van der Waals surface area contributed by atoms with Gasteiger partial charge in [0.1, 0.15) is 18.0 Å². The van der Waals surface area contributed by atoms with Crippen molar-refractivity contribution in [3.8, 4) is 5.69 Å². The number of methoxy groups -OCH3 is 1. The van der Waals surface area contributed by atoms with Crippen LogP contribution in [0.1, 0.15) is 16.1 Å². The van der Waals surface area contributed by atoms with Crippen LogP contribution in [-0.4, -0.2) is 40.9 Å². The van der Waals surface area contributed by atoms with Gasteiger partial charge in [-0.3, -0.25) is 10.1 Å². The van der Waals surface area contributed by atoms with Gasteiger partial charge in [0.25, 0.3) is 5.69 Å². The first-order valence-electron chi connectivity index (χ1n) is 8.87. The van der Waals surface area contributed by atoms with E-state index in [2.05, 4.69) is 10.4 Å². The fourth-order valence-electron chi connectivity index (χ4n) is 2.63. The predicted octanol–water partition coefficient (Wildman–Crippen LogP) is 3.20. The van der Waals surface area contributed by atoms with Gasteiger partial charge >= 0.3 is 5.97 Å². The van der Waals surface area contributed by atoms with Crippen molar-refractivity contribution in [2.24, 2.45) is 0 Å². The highest BCUT2D eigenvalue weighted by Gasteiger charge is 2.18. The Balaban J connectivity index is 1.65. The van der Waals surface area contributed by atoms with Crippen molar-refractivity contribution in [3.05, 3.63) is 82.2 Å². The quantitative estimate of drug-likeness (QED) is 0.256. The Labute approximate surface area is 167 Å². The number of hydrogen-bond donors (Lipinski definition) is 1. The highest BCUT2D eigenvalue weighted by molar-refractivity contribution is 5.91. The molecule has 0 aliphatic rings. The number of anilines is 1. The number of esters is 1. The lowest BCUT2D eigenvalue weighted by Crippen LogP contribution is -2.11. The molecule has 0 saturated heterocycles. The van der Waals surface area contributed by atoms with E-state index in [4.69, 9.17) is 9.47 Å². The Bertz CT molecular complexity index is 988. The van der Waals surface area contributed by atoms with Crippen LogP contribution in [0.15, 0.2) is 60.8 Å². The summed E-state index contributed by atoms with van der Waals surface area (Å²) in [6, 6.07) is 15.4. The zero-order valence-electron chi connectivity index (χ0n) is 15.8. The minimum atomic E-state index is -0.661. The van der Waals surface area contributed by atoms with Crippen molar-refractivity contribution < 1.29 is 19.2 Å². The molecule has 0 bridgehead atoms. The highest BCUT2D eigenvalue weighted by Crippen LogP contribution is 2.26. The van der Waals surface area contributed by atoms with Crippen LogP contribution in [0.2, 0.25) is 0 Å². The Morgan fingerprint density at radius 3 is 2.72 bits per heavy atom. The van der Waals surface area contributed by atoms with Crippen LogP contribution >= 0.6 is 0 Å². The molecule has 0 aliphatic heterocycles. The van der Waals surface area contributed by atoms with Crippen molar-refractivity contribution in [1.29, 1.82) is 0 Å². The molecule has 1 aromatic heterocycles. The molecule has 9 heteroatoms. The van der Waals surface area contributed by atoms with Crippen molar-refractivity contribution in [2.45, 2.75) is 6.61 Å². The molecule has 29 heavy (non-hydrogen) atoms. The van der Waals surface area contributed by atoms with Crippen LogP contribution in [0.4, 0.5) is 11.4 Å². The summed E-state index contributed by atoms with van der Waals surface area (Å²) in [5.41, 5.74) is 1.65. The first-order chi connectivity index (χ1) is 14.1. The van der Waals surface area contributed by atoms with E-state index < -0.39 is 10.9 Å². The molecule has 0 spiro atoms. The van der Waals surface area contributed by atoms with E-state index in [0.717, 1.165) is 5.69 Å². The van der Waals surface area contributed by atoms with E-state index in [1.54, 1.807) is 16.9 Å². The van der Waals surface area contributed by atoms with Crippen LogP contribution in [0.25, 0.3) is 5.69 Å². The van der Waals surface area contributed by atoms with Crippen molar-refractivity contribution in [3.63, 3.8) is 0 Å². The molecule has 1 heterocycles. The Hall–Kier alpha value is -3.72. The minimum absolute atomic E-state index is 0.0414. The molecule has 0 atom stereocenters. The molecule has 3 aromatic rings. The fraction of sp³-hybridized carbons (Fsp3) is 0.200. The Morgan fingerprint density at radius 1 is 1.21 bits per heavy atom. The second kappa shape index (κ2) is 9.47. The third-order valence-electron chi connectivity index (χ3n) is 4.07. The number of nitro benzene ring substituents is 1. The van der Waals surface area contributed by atoms with Crippen molar-refractivity contribution >= 4 is 17.3 Å². The van der Waals surface area contributed by atoms with Gasteiger partial charge in [0.15, 0.2) is 0 Å². The summed E-state index contributed by atoms with van der Waals surface area (Å²) in [6.45, 7) is 0.766. The van der Waals surface area contributed by atoms with Gasteiger partial charge in [0.05, 0.1) is 22.8 Å². The molecule has 1 N–H and O–H groups in total. The van der Waals surface area contributed by atoms with E-state index in [-0.39, 0.29) is 17.9 Å². The monoisotopic (exact) mass is 396 g/mol. The standard InChI is InChI=1S/C20H20N4O5/c1-28-12-10-21-18-8-7-15(13-19(18)24(26)27)20(25)29-14-16-9-11-23(22-16)17-5-3-2-4-6-17/h2-9,11,13,21H,10,12,14H2,1H3. The summed E-state index contributed by atoms with van der Waals surface area (Å²) in [5.74, 6) is -0.661. The molecule has 0 unspecified atom stereocenters. The van der Waals surface area contributed by atoms with Crippen LogP contribution in [0.5, 0.6) is 0 Å². The van der Waals surface area contributed by atoms with Crippen molar-refractivity contribution in [1.82, 2.24) is 9.78 Å². The average Bonchev–Trinajstić information content (AvgIpc) is 3.22. The van der Waals surface area contributed by atoms with Gasteiger partial charge in [0.2, 0.25) is 0 Å². The molecule has 0 aliphatic carbocycles. The predicted molar refractivity (Wildman–Crippen MR) is 106 cm³/mol. The molecular formula is C20H20N4O5. The molecule has 2 aromatic carbocycles. The lowest BCUT2D eigenvalue weighted by molar-refractivity contribution is -0.384.